The van der Waals surface area contributed by atoms with E-state index in [1.807, 2.05) is 42.5 Å². The lowest BCUT2D eigenvalue weighted by Crippen LogP contribution is -2.24. The highest BCUT2D eigenvalue weighted by atomic mass is 35.5. The van der Waals surface area contributed by atoms with Gasteiger partial charge in [-0.15, -0.1) is 0 Å². The second kappa shape index (κ2) is 9.19. The van der Waals surface area contributed by atoms with Gasteiger partial charge in [0.1, 0.15) is 5.75 Å². The zero-order valence-electron chi connectivity index (χ0n) is 15.7. The van der Waals surface area contributed by atoms with E-state index in [4.69, 9.17) is 16.3 Å². The highest BCUT2D eigenvalue weighted by molar-refractivity contribution is 6.31. The van der Waals surface area contributed by atoms with Crippen LogP contribution in [0, 0.1) is 6.92 Å². The molecule has 7 heteroatoms. The summed E-state index contributed by atoms with van der Waals surface area (Å²) in [6.45, 7) is 2.70. The molecule has 3 aromatic rings. The first-order valence-corrected chi connectivity index (χ1v) is 9.16. The zero-order valence-corrected chi connectivity index (χ0v) is 16.5. The third-order valence-corrected chi connectivity index (χ3v) is 4.60. The van der Waals surface area contributed by atoms with E-state index in [1.165, 1.54) is 6.20 Å². The first kappa shape index (κ1) is 19.6. The van der Waals surface area contributed by atoms with Gasteiger partial charge >= 0.3 is 0 Å². The number of anilines is 1. The summed E-state index contributed by atoms with van der Waals surface area (Å²) in [7, 11) is 1.63. The van der Waals surface area contributed by atoms with E-state index in [2.05, 4.69) is 20.6 Å². The average Bonchev–Trinajstić information content (AvgIpc) is 2.72. The molecule has 144 valence electrons. The smallest absolute Gasteiger partial charge is 0.254 e. The highest BCUT2D eigenvalue weighted by Gasteiger charge is 2.12. The Bertz CT molecular complexity index is 961. The molecule has 2 aromatic carbocycles. The van der Waals surface area contributed by atoms with Crippen molar-refractivity contribution in [1.29, 1.82) is 0 Å². The number of rotatable bonds is 7. The van der Waals surface area contributed by atoms with Crippen molar-refractivity contribution in [2.45, 2.75) is 20.0 Å². The third-order valence-electron chi connectivity index (χ3n) is 4.23. The Hall–Kier alpha value is -3.12. The number of halogens is 1. The Morgan fingerprint density at radius 1 is 1.11 bits per heavy atom. The van der Waals surface area contributed by atoms with Crippen molar-refractivity contribution in [1.82, 2.24) is 15.3 Å². The van der Waals surface area contributed by atoms with Crippen LogP contribution in [0.2, 0.25) is 5.02 Å². The number of ether oxygens (including phenoxy) is 1. The molecular formula is C21H21ClN4O2. The van der Waals surface area contributed by atoms with Gasteiger partial charge in [0, 0.05) is 24.3 Å². The van der Waals surface area contributed by atoms with Crippen LogP contribution in [0.15, 0.2) is 54.7 Å². The lowest BCUT2D eigenvalue weighted by Gasteiger charge is -2.10. The molecule has 0 aliphatic rings. The van der Waals surface area contributed by atoms with E-state index in [-0.39, 0.29) is 5.91 Å². The fourth-order valence-electron chi connectivity index (χ4n) is 2.61. The van der Waals surface area contributed by atoms with Crippen LogP contribution >= 0.6 is 11.6 Å². The van der Waals surface area contributed by atoms with Crippen molar-refractivity contribution in [3.05, 3.63) is 82.1 Å². The molecule has 6 nitrogen and oxygen atoms in total. The minimum Gasteiger partial charge on any atom is -0.497 e. The highest BCUT2D eigenvalue weighted by Crippen LogP contribution is 2.15. The number of aromatic nitrogens is 2. The molecule has 28 heavy (non-hydrogen) atoms. The van der Waals surface area contributed by atoms with Crippen LogP contribution in [0.3, 0.4) is 0 Å². The normalized spacial score (nSPS) is 10.4. The number of nitrogens with one attached hydrogen (secondary N) is 2. The number of amides is 1. The topological polar surface area (TPSA) is 76.1 Å². The van der Waals surface area contributed by atoms with E-state index >= 15 is 0 Å². The summed E-state index contributed by atoms with van der Waals surface area (Å²) >= 11 is 6.12. The van der Waals surface area contributed by atoms with Gasteiger partial charge in [-0.2, -0.15) is 0 Å². The van der Waals surface area contributed by atoms with Gasteiger partial charge < -0.3 is 15.4 Å². The van der Waals surface area contributed by atoms with E-state index in [0.29, 0.717) is 35.3 Å². The summed E-state index contributed by atoms with van der Waals surface area (Å²) in [5, 5.41) is 6.63. The summed E-state index contributed by atoms with van der Waals surface area (Å²) in [4.78, 5) is 21.1. The molecule has 0 aliphatic heterocycles. The quantitative estimate of drug-likeness (QED) is 0.631. The minimum atomic E-state index is -0.237. The van der Waals surface area contributed by atoms with Crippen molar-refractivity contribution < 1.29 is 9.53 Å². The number of hydrogen-bond acceptors (Lipinski definition) is 5. The summed E-state index contributed by atoms with van der Waals surface area (Å²) in [5.41, 5.74) is 2.96. The van der Waals surface area contributed by atoms with Gasteiger partial charge in [0.2, 0.25) is 5.95 Å². The Balaban J connectivity index is 1.59. The summed E-state index contributed by atoms with van der Waals surface area (Å²) in [6, 6.07) is 15.1. The fourth-order valence-corrected chi connectivity index (χ4v) is 2.81. The number of carbonyl (C=O) groups is 1. The molecular weight excluding hydrogens is 376 g/mol. The van der Waals surface area contributed by atoms with Crippen molar-refractivity contribution in [2.75, 3.05) is 12.4 Å². The molecule has 0 spiro atoms. The van der Waals surface area contributed by atoms with Crippen LogP contribution in [-0.4, -0.2) is 23.0 Å². The van der Waals surface area contributed by atoms with E-state index < -0.39 is 0 Å². The maximum absolute atomic E-state index is 12.4. The SMILES string of the molecule is COc1ccc(CNc2ncc(C(=O)NCc3ccccc3Cl)c(C)n2)cc1. The maximum atomic E-state index is 12.4. The van der Waals surface area contributed by atoms with Gasteiger partial charge in [-0.1, -0.05) is 41.9 Å². The molecule has 0 saturated carbocycles. The molecule has 1 heterocycles. The molecule has 0 saturated heterocycles. The van der Waals surface area contributed by atoms with Crippen LogP contribution in [0.25, 0.3) is 0 Å². The predicted octanol–water partition coefficient (Wildman–Crippen LogP) is 3.99. The van der Waals surface area contributed by atoms with Gasteiger partial charge in [0.15, 0.2) is 0 Å². The second-order valence-electron chi connectivity index (χ2n) is 6.17. The minimum absolute atomic E-state index is 0.237. The molecule has 0 atom stereocenters. The van der Waals surface area contributed by atoms with Gasteiger partial charge in [-0.25, -0.2) is 9.97 Å². The van der Waals surface area contributed by atoms with Crippen molar-refractivity contribution in [2.24, 2.45) is 0 Å². The summed E-state index contributed by atoms with van der Waals surface area (Å²) < 4.78 is 5.15. The van der Waals surface area contributed by atoms with Crippen LogP contribution in [0.5, 0.6) is 5.75 Å². The number of nitrogens with zero attached hydrogens (tertiary/aromatic N) is 2. The van der Waals surface area contributed by atoms with Crippen LogP contribution in [0.4, 0.5) is 5.95 Å². The zero-order chi connectivity index (χ0) is 19.9. The van der Waals surface area contributed by atoms with E-state index in [9.17, 15) is 4.79 Å². The van der Waals surface area contributed by atoms with E-state index in [0.717, 1.165) is 16.9 Å². The molecule has 0 fully saturated rings. The Labute approximate surface area is 168 Å². The van der Waals surface area contributed by atoms with Crippen LogP contribution < -0.4 is 15.4 Å². The number of hydrogen-bond donors (Lipinski definition) is 2. The van der Waals surface area contributed by atoms with Crippen molar-refractivity contribution in [3.8, 4) is 5.75 Å². The second-order valence-corrected chi connectivity index (χ2v) is 6.58. The first-order chi connectivity index (χ1) is 13.6. The molecule has 2 N–H and O–H groups in total. The van der Waals surface area contributed by atoms with Gasteiger partial charge in [-0.05, 0) is 36.2 Å². The molecule has 0 bridgehead atoms. The Kier molecular flexibility index (Phi) is 6.45. The third kappa shape index (κ3) is 4.98. The van der Waals surface area contributed by atoms with Crippen LogP contribution in [0.1, 0.15) is 27.2 Å². The van der Waals surface area contributed by atoms with Crippen LogP contribution in [-0.2, 0) is 13.1 Å². The maximum Gasteiger partial charge on any atom is 0.254 e. The standard InChI is InChI=1S/C21H21ClN4O2/c1-14-18(20(27)23-12-16-5-3-4-6-19(16)22)13-25-21(26-14)24-11-15-7-9-17(28-2)10-8-15/h3-10,13H,11-12H2,1-2H3,(H,23,27)(H,24,25,26). The molecule has 3 rings (SSSR count). The lowest BCUT2D eigenvalue weighted by atomic mass is 10.2. The van der Waals surface area contributed by atoms with Gasteiger partial charge in [0.25, 0.3) is 5.91 Å². The number of methoxy groups -OCH3 is 1. The number of aryl methyl sites for hydroxylation is 1. The Morgan fingerprint density at radius 3 is 2.54 bits per heavy atom. The fraction of sp³-hybridized carbons (Fsp3) is 0.190. The number of carbonyl (C=O) groups excluding carboxylic acids is 1. The molecule has 1 aromatic heterocycles. The predicted molar refractivity (Wildman–Crippen MR) is 110 cm³/mol. The summed E-state index contributed by atoms with van der Waals surface area (Å²) in [5.74, 6) is 1.04. The molecule has 0 unspecified atom stereocenters. The number of benzene rings is 2. The van der Waals surface area contributed by atoms with Gasteiger partial charge in [-0.3, -0.25) is 4.79 Å². The van der Waals surface area contributed by atoms with Crippen molar-refractivity contribution >= 4 is 23.5 Å². The molecule has 0 aliphatic carbocycles. The first-order valence-electron chi connectivity index (χ1n) is 8.79. The largest absolute Gasteiger partial charge is 0.497 e. The lowest BCUT2D eigenvalue weighted by molar-refractivity contribution is 0.0949. The van der Waals surface area contributed by atoms with Crippen molar-refractivity contribution in [3.63, 3.8) is 0 Å². The Morgan fingerprint density at radius 2 is 1.86 bits per heavy atom. The van der Waals surface area contributed by atoms with Gasteiger partial charge in [0.05, 0.1) is 18.4 Å². The monoisotopic (exact) mass is 396 g/mol. The van der Waals surface area contributed by atoms with E-state index in [1.54, 1.807) is 20.1 Å². The molecule has 1 amide bonds. The average molecular weight is 397 g/mol. The molecule has 0 radical (unpaired) electrons. The summed E-state index contributed by atoms with van der Waals surface area (Å²) in [6.07, 6.45) is 1.53.